The predicted octanol–water partition coefficient (Wildman–Crippen LogP) is 4.20. The van der Waals surface area contributed by atoms with Gasteiger partial charge in [-0.15, -0.1) is 0 Å². The fourth-order valence-electron chi connectivity index (χ4n) is 2.76. The van der Waals surface area contributed by atoms with E-state index < -0.39 is 0 Å². The first-order valence-electron chi connectivity index (χ1n) is 7.03. The molecule has 1 aromatic heterocycles. The van der Waals surface area contributed by atoms with Crippen LogP contribution in [0.4, 0.5) is 4.39 Å². The van der Waals surface area contributed by atoms with Crippen molar-refractivity contribution in [3.8, 4) is 0 Å². The molecule has 0 bridgehead atoms. The Balaban J connectivity index is 2.13. The van der Waals surface area contributed by atoms with Crippen molar-refractivity contribution in [1.29, 1.82) is 0 Å². The number of carbonyl (C=O) groups is 1. The first-order valence-corrected chi connectivity index (χ1v) is 7.03. The van der Waals surface area contributed by atoms with Crippen molar-refractivity contribution in [2.75, 3.05) is 0 Å². The van der Waals surface area contributed by atoms with Gasteiger partial charge in [-0.25, -0.2) is 4.39 Å². The number of halogens is 1. The van der Waals surface area contributed by atoms with Crippen molar-refractivity contribution in [3.05, 3.63) is 71.2 Å². The van der Waals surface area contributed by atoms with E-state index in [2.05, 4.69) is 17.6 Å². The number of aryl methyl sites for hydroxylation is 1. The molecule has 1 heterocycles. The summed E-state index contributed by atoms with van der Waals surface area (Å²) in [4.78, 5) is 11.3. The summed E-state index contributed by atoms with van der Waals surface area (Å²) in [5, 5.41) is 0.978. The SMILES string of the molecule is CCc1cccc2c(C=O)cn(Cc3ccc(F)cc3)c12. The Labute approximate surface area is 122 Å². The van der Waals surface area contributed by atoms with Crippen LogP contribution >= 0.6 is 0 Å². The second kappa shape index (κ2) is 5.52. The molecule has 0 spiro atoms. The van der Waals surface area contributed by atoms with E-state index in [1.54, 1.807) is 12.1 Å². The molecule has 0 saturated heterocycles. The van der Waals surface area contributed by atoms with Gasteiger partial charge in [0.25, 0.3) is 0 Å². The lowest BCUT2D eigenvalue weighted by Gasteiger charge is -2.09. The van der Waals surface area contributed by atoms with Crippen LogP contribution in [0.1, 0.15) is 28.4 Å². The predicted molar refractivity (Wildman–Crippen MR) is 82.2 cm³/mol. The number of benzene rings is 2. The van der Waals surface area contributed by atoms with Crippen LogP contribution in [0.5, 0.6) is 0 Å². The maximum Gasteiger partial charge on any atom is 0.152 e. The zero-order valence-electron chi connectivity index (χ0n) is 11.8. The van der Waals surface area contributed by atoms with Gasteiger partial charge in [0.15, 0.2) is 6.29 Å². The monoisotopic (exact) mass is 281 g/mol. The Kier molecular flexibility index (Phi) is 3.57. The lowest BCUT2D eigenvalue weighted by atomic mass is 10.1. The van der Waals surface area contributed by atoms with Gasteiger partial charge in [0.2, 0.25) is 0 Å². The van der Waals surface area contributed by atoms with Gasteiger partial charge in [-0.2, -0.15) is 0 Å². The molecule has 2 nitrogen and oxygen atoms in total. The molecule has 2 aromatic carbocycles. The van der Waals surface area contributed by atoms with E-state index in [0.717, 1.165) is 29.2 Å². The van der Waals surface area contributed by atoms with E-state index >= 15 is 0 Å². The number of para-hydroxylation sites is 1. The van der Waals surface area contributed by atoms with Gasteiger partial charge in [0.1, 0.15) is 5.82 Å². The fraction of sp³-hybridized carbons (Fsp3) is 0.167. The molecule has 21 heavy (non-hydrogen) atoms. The largest absolute Gasteiger partial charge is 0.342 e. The molecule has 0 saturated carbocycles. The van der Waals surface area contributed by atoms with E-state index in [4.69, 9.17) is 0 Å². The summed E-state index contributed by atoms with van der Waals surface area (Å²) in [6.45, 7) is 2.73. The number of aromatic nitrogens is 1. The summed E-state index contributed by atoms with van der Waals surface area (Å²) >= 11 is 0. The highest BCUT2D eigenvalue weighted by molar-refractivity contribution is 5.99. The Bertz CT molecular complexity index is 787. The number of fused-ring (bicyclic) bond motifs is 1. The van der Waals surface area contributed by atoms with Crippen LogP contribution in [0, 0.1) is 5.82 Å². The van der Waals surface area contributed by atoms with Crippen LogP contribution in [0.2, 0.25) is 0 Å². The highest BCUT2D eigenvalue weighted by Crippen LogP contribution is 2.25. The van der Waals surface area contributed by atoms with E-state index in [-0.39, 0.29) is 5.82 Å². The molecular formula is C18H16FNO. The molecule has 0 aliphatic carbocycles. The minimum absolute atomic E-state index is 0.237. The van der Waals surface area contributed by atoms with Crippen LogP contribution in [0.3, 0.4) is 0 Å². The van der Waals surface area contributed by atoms with Crippen LogP contribution in [0.15, 0.2) is 48.7 Å². The van der Waals surface area contributed by atoms with E-state index in [0.29, 0.717) is 12.1 Å². The molecule has 0 unspecified atom stereocenters. The van der Waals surface area contributed by atoms with Crippen molar-refractivity contribution in [1.82, 2.24) is 4.57 Å². The number of rotatable bonds is 4. The van der Waals surface area contributed by atoms with Crippen LogP contribution < -0.4 is 0 Å². The summed E-state index contributed by atoms with van der Waals surface area (Å²) in [6, 6.07) is 12.5. The lowest BCUT2D eigenvalue weighted by Crippen LogP contribution is -2.00. The molecule has 106 valence electrons. The Morgan fingerprint density at radius 3 is 2.57 bits per heavy atom. The van der Waals surface area contributed by atoms with Gasteiger partial charge in [0.05, 0.1) is 5.52 Å². The molecule has 3 aromatic rings. The quantitative estimate of drug-likeness (QED) is 0.657. The van der Waals surface area contributed by atoms with E-state index in [1.165, 1.54) is 17.7 Å². The molecule has 0 amide bonds. The highest BCUT2D eigenvalue weighted by Gasteiger charge is 2.11. The maximum absolute atomic E-state index is 13.0. The van der Waals surface area contributed by atoms with Gasteiger partial charge in [-0.05, 0) is 29.7 Å². The second-order valence-electron chi connectivity index (χ2n) is 5.12. The summed E-state index contributed by atoms with van der Waals surface area (Å²) in [6.07, 6.45) is 3.67. The molecule has 0 fully saturated rings. The number of hydrogen-bond donors (Lipinski definition) is 0. The topological polar surface area (TPSA) is 22.0 Å². The number of carbonyl (C=O) groups excluding carboxylic acids is 1. The third-order valence-corrected chi connectivity index (χ3v) is 3.79. The van der Waals surface area contributed by atoms with Gasteiger partial charge in [-0.3, -0.25) is 4.79 Å². The van der Waals surface area contributed by atoms with Crippen molar-refractivity contribution in [3.63, 3.8) is 0 Å². The summed E-state index contributed by atoms with van der Waals surface area (Å²) < 4.78 is 15.1. The molecule has 0 aliphatic heterocycles. The minimum atomic E-state index is -0.237. The number of hydrogen-bond acceptors (Lipinski definition) is 1. The third-order valence-electron chi connectivity index (χ3n) is 3.79. The molecule has 3 heteroatoms. The number of nitrogens with zero attached hydrogens (tertiary/aromatic N) is 1. The standard InChI is InChI=1S/C18H16FNO/c1-2-14-4-3-5-17-15(12-21)11-20(18(14)17)10-13-6-8-16(19)9-7-13/h3-9,11-12H,2,10H2,1H3. The second-order valence-corrected chi connectivity index (χ2v) is 5.12. The molecule has 0 radical (unpaired) electrons. The van der Waals surface area contributed by atoms with Gasteiger partial charge < -0.3 is 4.57 Å². The zero-order valence-corrected chi connectivity index (χ0v) is 11.8. The zero-order chi connectivity index (χ0) is 14.8. The molecule has 0 atom stereocenters. The number of aldehydes is 1. The lowest BCUT2D eigenvalue weighted by molar-refractivity contribution is 0.112. The normalized spacial score (nSPS) is 11.0. The van der Waals surface area contributed by atoms with E-state index in [9.17, 15) is 9.18 Å². The van der Waals surface area contributed by atoms with Crippen molar-refractivity contribution < 1.29 is 9.18 Å². The summed E-state index contributed by atoms with van der Waals surface area (Å²) in [7, 11) is 0. The Morgan fingerprint density at radius 2 is 1.90 bits per heavy atom. The van der Waals surface area contributed by atoms with Gasteiger partial charge >= 0.3 is 0 Å². The first kappa shape index (κ1) is 13.6. The molecule has 0 aliphatic rings. The first-order chi connectivity index (χ1) is 10.2. The van der Waals surface area contributed by atoms with Crippen molar-refractivity contribution in [2.24, 2.45) is 0 Å². The van der Waals surface area contributed by atoms with Gasteiger partial charge in [0, 0.05) is 23.7 Å². The molecular weight excluding hydrogens is 265 g/mol. The molecule has 0 N–H and O–H groups in total. The smallest absolute Gasteiger partial charge is 0.152 e. The van der Waals surface area contributed by atoms with Crippen LogP contribution in [-0.4, -0.2) is 10.9 Å². The summed E-state index contributed by atoms with van der Waals surface area (Å²) in [5.41, 5.74) is 4.01. The average molecular weight is 281 g/mol. The van der Waals surface area contributed by atoms with Crippen molar-refractivity contribution >= 4 is 17.2 Å². The Hall–Kier alpha value is -2.42. The summed E-state index contributed by atoms with van der Waals surface area (Å²) in [5.74, 6) is -0.237. The fourth-order valence-corrected chi connectivity index (χ4v) is 2.76. The highest BCUT2D eigenvalue weighted by atomic mass is 19.1. The van der Waals surface area contributed by atoms with Crippen LogP contribution in [-0.2, 0) is 13.0 Å². The Morgan fingerprint density at radius 1 is 1.14 bits per heavy atom. The minimum Gasteiger partial charge on any atom is -0.342 e. The van der Waals surface area contributed by atoms with Gasteiger partial charge in [-0.1, -0.05) is 37.3 Å². The van der Waals surface area contributed by atoms with Crippen molar-refractivity contribution in [2.45, 2.75) is 19.9 Å². The third kappa shape index (κ3) is 2.47. The molecule has 3 rings (SSSR count). The van der Waals surface area contributed by atoms with Crippen LogP contribution in [0.25, 0.3) is 10.9 Å². The maximum atomic E-state index is 13.0. The average Bonchev–Trinajstić information content (AvgIpc) is 2.87. The van der Waals surface area contributed by atoms with E-state index in [1.807, 2.05) is 18.3 Å².